The number of nitrogens with two attached hydrogens (primary N) is 1. The monoisotopic (exact) mass is 219 g/mol. The molecule has 13 heavy (non-hydrogen) atoms. The topological polar surface area (TPSA) is 60.2 Å². The number of sulfone groups is 1. The van der Waals surface area contributed by atoms with Crippen molar-refractivity contribution in [3.05, 3.63) is 23.2 Å². The lowest BCUT2D eigenvalue weighted by molar-refractivity contribution is 0.597. The Morgan fingerprint density at radius 1 is 1.46 bits per heavy atom. The standard InChI is InChI=1S/C8H10ClNO2S/c1-2-13(11,12)8-4-3-6(10)5-7(8)9/h3-5H,2,10H2,1H3. The van der Waals surface area contributed by atoms with Gasteiger partial charge in [-0.1, -0.05) is 18.5 Å². The number of hydrogen-bond acceptors (Lipinski definition) is 3. The average Bonchev–Trinajstić information content (AvgIpc) is 2.03. The highest BCUT2D eigenvalue weighted by Crippen LogP contribution is 2.24. The molecule has 0 spiro atoms. The zero-order chi connectivity index (χ0) is 10.1. The first kappa shape index (κ1) is 10.3. The summed E-state index contributed by atoms with van der Waals surface area (Å²) in [6, 6.07) is 4.38. The largest absolute Gasteiger partial charge is 0.399 e. The van der Waals surface area contributed by atoms with E-state index in [1.54, 1.807) is 6.92 Å². The van der Waals surface area contributed by atoms with Gasteiger partial charge in [-0.3, -0.25) is 0 Å². The zero-order valence-corrected chi connectivity index (χ0v) is 8.69. The second-order valence-electron chi connectivity index (χ2n) is 2.59. The third-order valence-electron chi connectivity index (χ3n) is 1.67. The number of rotatable bonds is 2. The van der Waals surface area contributed by atoms with E-state index in [1.165, 1.54) is 18.2 Å². The summed E-state index contributed by atoms with van der Waals surface area (Å²) in [5.74, 6) is 0.0383. The van der Waals surface area contributed by atoms with Crippen molar-refractivity contribution < 1.29 is 8.42 Å². The number of nitrogen functional groups attached to an aromatic ring is 1. The Hall–Kier alpha value is -0.740. The minimum atomic E-state index is -3.23. The molecule has 0 radical (unpaired) electrons. The van der Waals surface area contributed by atoms with E-state index in [1.807, 2.05) is 0 Å². The van der Waals surface area contributed by atoms with E-state index in [2.05, 4.69) is 0 Å². The van der Waals surface area contributed by atoms with Crippen LogP contribution in [-0.4, -0.2) is 14.2 Å². The van der Waals surface area contributed by atoms with Crippen LogP contribution in [-0.2, 0) is 9.84 Å². The quantitative estimate of drug-likeness (QED) is 0.771. The van der Waals surface area contributed by atoms with Crippen molar-refractivity contribution in [2.75, 3.05) is 11.5 Å². The first-order chi connectivity index (χ1) is 5.97. The molecule has 2 N–H and O–H groups in total. The van der Waals surface area contributed by atoms with Gasteiger partial charge in [-0.25, -0.2) is 8.42 Å². The van der Waals surface area contributed by atoms with Crippen LogP contribution >= 0.6 is 11.6 Å². The Labute approximate surface area is 82.4 Å². The van der Waals surface area contributed by atoms with E-state index in [0.29, 0.717) is 5.69 Å². The summed E-state index contributed by atoms with van der Waals surface area (Å²) in [6.45, 7) is 1.57. The van der Waals surface area contributed by atoms with Gasteiger partial charge in [0.2, 0.25) is 0 Å². The van der Waals surface area contributed by atoms with Crippen molar-refractivity contribution in [1.82, 2.24) is 0 Å². The zero-order valence-electron chi connectivity index (χ0n) is 7.12. The van der Waals surface area contributed by atoms with Gasteiger partial charge in [0.25, 0.3) is 0 Å². The molecular weight excluding hydrogens is 210 g/mol. The molecule has 5 heteroatoms. The molecule has 0 unspecified atom stereocenters. The Bertz CT molecular complexity index is 414. The predicted molar refractivity (Wildman–Crippen MR) is 53.6 cm³/mol. The van der Waals surface area contributed by atoms with Gasteiger partial charge in [-0.05, 0) is 18.2 Å². The lowest BCUT2D eigenvalue weighted by atomic mass is 10.3. The molecule has 0 aromatic heterocycles. The molecule has 1 aromatic carbocycles. The van der Waals surface area contributed by atoms with E-state index in [-0.39, 0.29) is 15.7 Å². The molecular formula is C8H10ClNO2S. The molecule has 1 aromatic rings. The Balaban J connectivity index is 3.33. The highest BCUT2D eigenvalue weighted by Gasteiger charge is 2.15. The number of hydrogen-bond donors (Lipinski definition) is 1. The molecule has 0 aliphatic carbocycles. The minimum absolute atomic E-state index is 0.0383. The summed E-state index contributed by atoms with van der Waals surface area (Å²) in [6.07, 6.45) is 0. The van der Waals surface area contributed by atoms with Crippen LogP contribution in [0.4, 0.5) is 5.69 Å². The van der Waals surface area contributed by atoms with Gasteiger partial charge >= 0.3 is 0 Å². The molecule has 72 valence electrons. The molecule has 0 heterocycles. The van der Waals surface area contributed by atoms with Crippen LogP contribution in [0.5, 0.6) is 0 Å². The Morgan fingerprint density at radius 2 is 2.08 bits per heavy atom. The fraction of sp³-hybridized carbons (Fsp3) is 0.250. The molecule has 0 atom stereocenters. The van der Waals surface area contributed by atoms with E-state index < -0.39 is 9.84 Å². The van der Waals surface area contributed by atoms with Gasteiger partial charge in [-0.2, -0.15) is 0 Å². The third kappa shape index (κ3) is 2.14. The van der Waals surface area contributed by atoms with E-state index in [4.69, 9.17) is 17.3 Å². The minimum Gasteiger partial charge on any atom is -0.399 e. The maximum atomic E-state index is 11.4. The Morgan fingerprint density at radius 3 is 2.54 bits per heavy atom. The molecule has 0 bridgehead atoms. The molecule has 3 nitrogen and oxygen atoms in total. The van der Waals surface area contributed by atoms with E-state index in [9.17, 15) is 8.42 Å². The second kappa shape index (κ2) is 3.55. The molecule has 1 rings (SSSR count). The molecule has 0 aliphatic rings. The maximum Gasteiger partial charge on any atom is 0.179 e. The lowest BCUT2D eigenvalue weighted by Gasteiger charge is -2.04. The van der Waals surface area contributed by atoms with Gasteiger partial charge in [0.15, 0.2) is 9.84 Å². The fourth-order valence-corrected chi connectivity index (χ4v) is 2.41. The fourth-order valence-electron chi connectivity index (χ4n) is 0.925. The number of halogens is 1. The highest BCUT2D eigenvalue weighted by molar-refractivity contribution is 7.91. The van der Waals surface area contributed by atoms with Crippen LogP contribution in [0.2, 0.25) is 5.02 Å². The lowest BCUT2D eigenvalue weighted by Crippen LogP contribution is -2.04. The van der Waals surface area contributed by atoms with Crippen molar-refractivity contribution in [3.63, 3.8) is 0 Å². The van der Waals surface area contributed by atoms with E-state index in [0.717, 1.165) is 0 Å². The predicted octanol–water partition coefficient (Wildman–Crippen LogP) is 1.72. The summed E-state index contributed by atoms with van der Waals surface area (Å²) < 4.78 is 22.8. The summed E-state index contributed by atoms with van der Waals surface area (Å²) in [5, 5.41) is 0.182. The first-order valence-corrected chi connectivity index (χ1v) is 5.78. The summed E-state index contributed by atoms with van der Waals surface area (Å²) in [7, 11) is -3.23. The average molecular weight is 220 g/mol. The van der Waals surface area contributed by atoms with Crippen molar-refractivity contribution in [2.45, 2.75) is 11.8 Å². The van der Waals surface area contributed by atoms with Gasteiger partial charge in [-0.15, -0.1) is 0 Å². The van der Waals surface area contributed by atoms with Crippen molar-refractivity contribution >= 4 is 27.1 Å². The summed E-state index contributed by atoms with van der Waals surface area (Å²) >= 11 is 5.73. The van der Waals surface area contributed by atoms with Gasteiger partial charge in [0, 0.05) is 5.69 Å². The van der Waals surface area contributed by atoms with Gasteiger partial charge in [0.1, 0.15) is 0 Å². The van der Waals surface area contributed by atoms with Crippen LogP contribution < -0.4 is 5.73 Å². The maximum absolute atomic E-state index is 11.4. The van der Waals surface area contributed by atoms with E-state index >= 15 is 0 Å². The Kier molecular flexibility index (Phi) is 2.83. The first-order valence-electron chi connectivity index (χ1n) is 3.75. The van der Waals surface area contributed by atoms with Crippen LogP contribution in [0.25, 0.3) is 0 Å². The second-order valence-corrected chi connectivity index (χ2v) is 5.25. The smallest absolute Gasteiger partial charge is 0.179 e. The number of benzene rings is 1. The van der Waals surface area contributed by atoms with Crippen LogP contribution in [0, 0.1) is 0 Å². The molecule has 0 amide bonds. The summed E-state index contributed by atoms with van der Waals surface area (Å²) in [4.78, 5) is 0.144. The highest BCUT2D eigenvalue weighted by atomic mass is 35.5. The molecule has 0 saturated heterocycles. The van der Waals surface area contributed by atoms with Gasteiger partial charge in [0.05, 0.1) is 15.7 Å². The molecule has 0 fully saturated rings. The van der Waals surface area contributed by atoms with Crippen LogP contribution in [0.15, 0.2) is 23.1 Å². The van der Waals surface area contributed by atoms with Crippen molar-refractivity contribution in [3.8, 4) is 0 Å². The molecule has 0 saturated carbocycles. The number of anilines is 1. The van der Waals surface area contributed by atoms with Gasteiger partial charge < -0.3 is 5.73 Å². The summed E-state index contributed by atoms with van der Waals surface area (Å²) in [5.41, 5.74) is 5.89. The van der Waals surface area contributed by atoms with Crippen molar-refractivity contribution in [2.24, 2.45) is 0 Å². The van der Waals surface area contributed by atoms with Crippen LogP contribution in [0.3, 0.4) is 0 Å². The van der Waals surface area contributed by atoms with Crippen LogP contribution in [0.1, 0.15) is 6.92 Å². The van der Waals surface area contributed by atoms with Crippen molar-refractivity contribution in [1.29, 1.82) is 0 Å². The molecule has 0 aliphatic heterocycles. The third-order valence-corrected chi connectivity index (χ3v) is 3.88. The normalized spacial score (nSPS) is 11.5. The SMILES string of the molecule is CCS(=O)(=O)c1ccc(N)cc1Cl.